The molecular formula is C24H31N3O4. The van der Waals surface area contributed by atoms with Crippen LogP contribution in [0, 0.1) is 11.8 Å². The molecule has 0 bridgehead atoms. The molecule has 0 aliphatic rings. The maximum Gasteiger partial charge on any atom is 0.258 e. The van der Waals surface area contributed by atoms with Gasteiger partial charge in [0.1, 0.15) is 11.8 Å². The third-order valence-electron chi connectivity index (χ3n) is 4.41. The van der Waals surface area contributed by atoms with Gasteiger partial charge in [0, 0.05) is 17.8 Å². The zero-order chi connectivity index (χ0) is 22.8. The largest absolute Gasteiger partial charge is 0.484 e. The summed E-state index contributed by atoms with van der Waals surface area (Å²) in [5, 5.41) is 8.36. The number of carbonyl (C=O) groups excluding carboxylic acids is 3. The molecule has 0 aliphatic carbocycles. The van der Waals surface area contributed by atoms with E-state index in [0.29, 0.717) is 23.5 Å². The van der Waals surface area contributed by atoms with Crippen LogP contribution in [0.4, 0.5) is 11.4 Å². The van der Waals surface area contributed by atoms with Crippen molar-refractivity contribution in [3.05, 3.63) is 54.6 Å². The molecule has 3 amide bonds. The fraction of sp³-hybridized carbons (Fsp3) is 0.375. The van der Waals surface area contributed by atoms with Crippen LogP contribution in [0.3, 0.4) is 0 Å². The molecule has 31 heavy (non-hydrogen) atoms. The van der Waals surface area contributed by atoms with Crippen molar-refractivity contribution in [3.8, 4) is 5.75 Å². The third-order valence-corrected chi connectivity index (χ3v) is 4.41. The highest BCUT2D eigenvalue weighted by molar-refractivity contribution is 5.98. The van der Waals surface area contributed by atoms with E-state index in [1.54, 1.807) is 36.4 Å². The van der Waals surface area contributed by atoms with Gasteiger partial charge < -0.3 is 20.7 Å². The Balaban J connectivity index is 1.89. The van der Waals surface area contributed by atoms with Crippen molar-refractivity contribution in [2.45, 2.75) is 40.2 Å². The predicted octanol–water partition coefficient (Wildman–Crippen LogP) is 3.83. The van der Waals surface area contributed by atoms with Crippen LogP contribution in [-0.2, 0) is 14.4 Å². The highest BCUT2D eigenvalue weighted by Crippen LogP contribution is 2.16. The molecule has 0 fully saturated rings. The summed E-state index contributed by atoms with van der Waals surface area (Å²) in [6, 6.07) is 15.2. The van der Waals surface area contributed by atoms with Crippen molar-refractivity contribution >= 4 is 29.1 Å². The van der Waals surface area contributed by atoms with Crippen LogP contribution in [-0.4, -0.2) is 30.4 Å². The Bertz CT molecular complexity index is 864. The Morgan fingerprint density at radius 1 is 0.806 bits per heavy atom. The third kappa shape index (κ3) is 8.50. The van der Waals surface area contributed by atoms with Crippen molar-refractivity contribution in [2.75, 3.05) is 17.2 Å². The molecule has 0 saturated heterocycles. The number of carbonyl (C=O) groups is 3. The molecule has 0 heterocycles. The monoisotopic (exact) mass is 425 g/mol. The molecule has 7 heteroatoms. The molecule has 0 aliphatic heterocycles. The number of ether oxygens (including phenoxy) is 1. The average molecular weight is 426 g/mol. The number of nitrogens with one attached hydrogen (secondary N) is 3. The fourth-order valence-corrected chi connectivity index (χ4v) is 2.86. The second kappa shape index (κ2) is 11.7. The van der Waals surface area contributed by atoms with E-state index < -0.39 is 6.04 Å². The highest BCUT2D eigenvalue weighted by Gasteiger charge is 2.24. The summed E-state index contributed by atoms with van der Waals surface area (Å²) in [6.45, 7) is 7.50. The summed E-state index contributed by atoms with van der Waals surface area (Å²) >= 11 is 0. The smallest absolute Gasteiger partial charge is 0.258 e. The van der Waals surface area contributed by atoms with Gasteiger partial charge in [-0.2, -0.15) is 0 Å². The van der Waals surface area contributed by atoms with Gasteiger partial charge in [-0.15, -0.1) is 0 Å². The topological polar surface area (TPSA) is 96.5 Å². The molecule has 2 aromatic carbocycles. The van der Waals surface area contributed by atoms with Gasteiger partial charge in [0.2, 0.25) is 11.8 Å². The molecule has 2 rings (SSSR count). The molecule has 0 saturated carbocycles. The Labute approximate surface area is 183 Å². The van der Waals surface area contributed by atoms with E-state index in [1.165, 1.54) is 0 Å². The van der Waals surface area contributed by atoms with Crippen LogP contribution in [0.15, 0.2) is 54.6 Å². The van der Waals surface area contributed by atoms with Crippen LogP contribution in [0.2, 0.25) is 0 Å². The van der Waals surface area contributed by atoms with Gasteiger partial charge in [0.15, 0.2) is 6.61 Å². The Morgan fingerprint density at radius 3 is 1.94 bits per heavy atom. The van der Waals surface area contributed by atoms with Crippen molar-refractivity contribution in [1.82, 2.24) is 5.32 Å². The summed E-state index contributed by atoms with van der Waals surface area (Å²) in [4.78, 5) is 36.8. The van der Waals surface area contributed by atoms with Gasteiger partial charge in [-0.1, -0.05) is 45.9 Å². The second-order valence-corrected chi connectivity index (χ2v) is 8.10. The van der Waals surface area contributed by atoms with Gasteiger partial charge in [-0.3, -0.25) is 14.4 Å². The second-order valence-electron chi connectivity index (χ2n) is 8.10. The lowest BCUT2D eigenvalue weighted by Crippen LogP contribution is -2.48. The van der Waals surface area contributed by atoms with Gasteiger partial charge in [-0.25, -0.2) is 0 Å². The summed E-state index contributed by atoms with van der Waals surface area (Å²) in [7, 11) is 0. The fourth-order valence-electron chi connectivity index (χ4n) is 2.86. The van der Waals surface area contributed by atoms with Gasteiger partial charge >= 0.3 is 0 Å². The number of hydrogen-bond donors (Lipinski definition) is 3. The van der Waals surface area contributed by atoms with Crippen LogP contribution in [0.5, 0.6) is 5.75 Å². The lowest BCUT2D eigenvalue weighted by atomic mass is 10.0. The van der Waals surface area contributed by atoms with Crippen LogP contribution >= 0.6 is 0 Å². The minimum Gasteiger partial charge on any atom is -0.484 e. The molecule has 7 nitrogen and oxygen atoms in total. The number of hydrogen-bond acceptors (Lipinski definition) is 4. The van der Waals surface area contributed by atoms with Crippen LogP contribution in [0.1, 0.15) is 34.1 Å². The standard InChI is InChI=1S/C24H31N3O4/c1-16(2)14-21(28)25-18-10-12-19(13-11-18)26-24(30)23(17(3)4)27-22(29)15-31-20-8-6-5-7-9-20/h5-13,16-17,23H,14-15H2,1-4H3,(H,25,28)(H,26,30)(H,27,29). The molecule has 0 aromatic heterocycles. The van der Waals surface area contributed by atoms with Crippen molar-refractivity contribution in [1.29, 1.82) is 0 Å². The lowest BCUT2D eigenvalue weighted by molar-refractivity contribution is -0.128. The Morgan fingerprint density at radius 2 is 1.39 bits per heavy atom. The summed E-state index contributed by atoms with van der Waals surface area (Å²) in [5.74, 6) is 0.00605. The lowest BCUT2D eigenvalue weighted by Gasteiger charge is -2.22. The van der Waals surface area contributed by atoms with E-state index >= 15 is 0 Å². The van der Waals surface area contributed by atoms with E-state index in [9.17, 15) is 14.4 Å². The Hall–Kier alpha value is -3.35. The number of benzene rings is 2. The minimum absolute atomic E-state index is 0.0490. The molecule has 0 radical (unpaired) electrons. The van der Waals surface area contributed by atoms with E-state index in [4.69, 9.17) is 4.74 Å². The van der Waals surface area contributed by atoms with Crippen molar-refractivity contribution in [3.63, 3.8) is 0 Å². The van der Waals surface area contributed by atoms with Crippen molar-refractivity contribution < 1.29 is 19.1 Å². The molecule has 166 valence electrons. The first kappa shape index (κ1) is 23.9. The molecule has 0 spiro atoms. The molecule has 2 aromatic rings. The number of rotatable bonds is 10. The molecule has 3 N–H and O–H groups in total. The minimum atomic E-state index is -0.711. The Kier molecular flexibility index (Phi) is 9.06. The summed E-state index contributed by atoms with van der Waals surface area (Å²) in [5.41, 5.74) is 1.24. The first-order valence-corrected chi connectivity index (χ1v) is 10.4. The normalized spacial score (nSPS) is 11.7. The van der Waals surface area contributed by atoms with Gasteiger partial charge in [0.25, 0.3) is 5.91 Å². The average Bonchev–Trinajstić information content (AvgIpc) is 2.71. The first-order valence-electron chi connectivity index (χ1n) is 10.4. The number of anilines is 2. The molecule has 1 unspecified atom stereocenters. The van der Waals surface area contributed by atoms with Crippen LogP contribution < -0.4 is 20.7 Å². The van der Waals surface area contributed by atoms with E-state index in [0.717, 1.165) is 0 Å². The zero-order valence-corrected chi connectivity index (χ0v) is 18.5. The van der Waals surface area contributed by atoms with E-state index in [2.05, 4.69) is 16.0 Å². The SMILES string of the molecule is CC(C)CC(=O)Nc1ccc(NC(=O)C(NC(=O)COc2ccccc2)C(C)C)cc1. The zero-order valence-electron chi connectivity index (χ0n) is 18.5. The quantitative estimate of drug-likeness (QED) is 0.539. The van der Waals surface area contributed by atoms with Gasteiger partial charge in [0.05, 0.1) is 0 Å². The summed E-state index contributed by atoms with van der Waals surface area (Å²) in [6.07, 6.45) is 0.447. The molecule has 1 atom stereocenters. The van der Waals surface area contributed by atoms with Gasteiger partial charge in [-0.05, 0) is 48.2 Å². The first-order chi connectivity index (χ1) is 14.7. The van der Waals surface area contributed by atoms with Crippen molar-refractivity contribution in [2.24, 2.45) is 11.8 Å². The van der Waals surface area contributed by atoms with E-state index in [-0.39, 0.29) is 36.2 Å². The predicted molar refractivity (Wildman–Crippen MR) is 122 cm³/mol. The molecular weight excluding hydrogens is 394 g/mol. The maximum absolute atomic E-state index is 12.7. The van der Waals surface area contributed by atoms with E-state index in [1.807, 2.05) is 45.9 Å². The summed E-state index contributed by atoms with van der Waals surface area (Å²) < 4.78 is 5.44. The number of amides is 3. The van der Waals surface area contributed by atoms with Crippen LogP contribution in [0.25, 0.3) is 0 Å². The number of para-hydroxylation sites is 1. The highest BCUT2D eigenvalue weighted by atomic mass is 16.5. The maximum atomic E-state index is 12.7.